The summed E-state index contributed by atoms with van der Waals surface area (Å²) in [4.78, 5) is 23.8. The highest BCUT2D eigenvalue weighted by Gasteiger charge is 2.45. The zero-order chi connectivity index (χ0) is 20.5. The van der Waals surface area contributed by atoms with Crippen LogP contribution in [0.5, 0.6) is 0 Å². The topological polar surface area (TPSA) is 69.0 Å². The third-order valence-corrected chi connectivity index (χ3v) is 6.19. The van der Waals surface area contributed by atoms with Crippen molar-refractivity contribution in [1.82, 2.24) is 19.3 Å². The van der Waals surface area contributed by atoms with E-state index in [2.05, 4.69) is 9.97 Å². The van der Waals surface area contributed by atoms with Crippen LogP contribution in [0.25, 0.3) is 5.65 Å². The number of carbonyl (C=O) groups excluding carboxylic acids is 1. The van der Waals surface area contributed by atoms with Gasteiger partial charge in [0.2, 0.25) is 0 Å². The molecule has 2 saturated heterocycles. The summed E-state index contributed by atoms with van der Waals surface area (Å²) < 4.78 is 13.7. The minimum atomic E-state index is 0.0206. The van der Waals surface area contributed by atoms with Crippen LogP contribution in [0, 0.1) is 18.8 Å². The highest BCUT2D eigenvalue weighted by molar-refractivity contribution is 5.93. The smallest absolute Gasteiger partial charge is 0.272 e. The minimum absolute atomic E-state index is 0.0206. The molecule has 3 atom stereocenters. The lowest BCUT2D eigenvalue weighted by molar-refractivity contribution is 0.0642. The molecular weight excluding hydrogens is 380 g/mol. The second-order valence-corrected chi connectivity index (χ2v) is 8.19. The van der Waals surface area contributed by atoms with E-state index in [0.29, 0.717) is 37.3 Å². The molecule has 5 rings (SSSR count). The highest BCUT2D eigenvalue weighted by atomic mass is 16.5. The van der Waals surface area contributed by atoms with Crippen molar-refractivity contribution in [2.24, 2.45) is 11.8 Å². The van der Waals surface area contributed by atoms with Crippen LogP contribution in [0.15, 0.2) is 48.8 Å². The lowest BCUT2D eigenvalue weighted by Crippen LogP contribution is -2.32. The molecule has 0 N–H and O–H groups in total. The van der Waals surface area contributed by atoms with Crippen LogP contribution in [0.4, 0.5) is 0 Å². The normalized spacial score (nSPS) is 23.2. The van der Waals surface area contributed by atoms with Crippen molar-refractivity contribution < 1.29 is 14.3 Å². The van der Waals surface area contributed by atoms with Crippen LogP contribution in [0.3, 0.4) is 0 Å². The van der Waals surface area contributed by atoms with E-state index in [1.54, 1.807) is 6.20 Å². The molecule has 2 fully saturated rings. The molecular formula is C23H26N4O3. The molecule has 1 amide bonds. The summed E-state index contributed by atoms with van der Waals surface area (Å²) in [5.74, 6) is 0.807. The average Bonchev–Trinajstić information content (AvgIpc) is 3.45. The number of hydrogen-bond acceptors (Lipinski definition) is 5. The lowest BCUT2D eigenvalue weighted by Gasteiger charge is -2.19. The van der Waals surface area contributed by atoms with Crippen molar-refractivity contribution >= 4 is 11.6 Å². The van der Waals surface area contributed by atoms with Gasteiger partial charge in [-0.05, 0) is 43.5 Å². The lowest BCUT2D eigenvalue weighted by atomic mass is 9.91. The monoisotopic (exact) mass is 406 g/mol. The molecule has 0 bridgehead atoms. The molecule has 0 aliphatic carbocycles. The Bertz CT molecular complexity index is 1050. The van der Waals surface area contributed by atoms with E-state index in [1.165, 1.54) is 0 Å². The maximum absolute atomic E-state index is 13.1. The third kappa shape index (κ3) is 3.70. The Morgan fingerprint density at radius 3 is 3.07 bits per heavy atom. The summed E-state index contributed by atoms with van der Waals surface area (Å²) in [6.45, 7) is 5.32. The number of ether oxygens (including phenoxy) is 2. The molecule has 5 heterocycles. The summed E-state index contributed by atoms with van der Waals surface area (Å²) in [6, 6.07) is 11.7. The molecule has 3 aromatic rings. The van der Waals surface area contributed by atoms with Crippen molar-refractivity contribution in [1.29, 1.82) is 0 Å². The number of fused-ring (bicyclic) bond motifs is 2. The van der Waals surface area contributed by atoms with E-state index < -0.39 is 0 Å². The maximum atomic E-state index is 13.1. The van der Waals surface area contributed by atoms with E-state index in [-0.39, 0.29) is 12.0 Å². The quantitative estimate of drug-likeness (QED) is 0.589. The zero-order valence-electron chi connectivity index (χ0n) is 17.1. The first-order valence-electron chi connectivity index (χ1n) is 10.5. The van der Waals surface area contributed by atoms with Gasteiger partial charge in [-0.2, -0.15) is 0 Å². The summed E-state index contributed by atoms with van der Waals surface area (Å²) in [5.41, 5.74) is 3.36. The Kier molecular flexibility index (Phi) is 5.23. The first-order valence-corrected chi connectivity index (χ1v) is 10.5. The zero-order valence-corrected chi connectivity index (χ0v) is 17.1. The molecule has 0 saturated carbocycles. The highest BCUT2D eigenvalue weighted by Crippen LogP contribution is 2.36. The Morgan fingerprint density at radius 2 is 2.17 bits per heavy atom. The Labute approximate surface area is 175 Å². The number of rotatable bonds is 6. The van der Waals surface area contributed by atoms with Gasteiger partial charge < -0.3 is 14.4 Å². The molecule has 7 heteroatoms. The van der Waals surface area contributed by atoms with E-state index in [1.807, 2.05) is 58.8 Å². The number of pyridine rings is 2. The van der Waals surface area contributed by atoms with E-state index in [9.17, 15) is 4.79 Å². The van der Waals surface area contributed by atoms with E-state index in [4.69, 9.17) is 9.47 Å². The van der Waals surface area contributed by atoms with Crippen LogP contribution in [-0.2, 0) is 16.1 Å². The van der Waals surface area contributed by atoms with Crippen LogP contribution in [0.1, 0.15) is 28.3 Å². The number of imidazole rings is 1. The fourth-order valence-electron chi connectivity index (χ4n) is 4.61. The Balaban J connectivity index is 1.16. The third-order valence-electron chi connectivity index (χ3n) is 6.19. The summed E-state index contributed by atoms with van der Waals surface area (Å²) >= 11 is 0. The molecule has 30 heavy (non-hydrogen) atoms. The van der Waals surface area contributed by atoms with Crippen LogP contribution in [0.2, 0.25) is 0 Å². The number of nitrogens with zero attached hydrogens (tertiary/aromatic N) is 4. The van der Waals surface area contributed by atoms with Gasteiger partial charge in [-0.3, -0.25) is 14.2 Å². The van der Waals surface area contributed by atoms with Gasteiger partial charge in [0.25, 0.3) is 5.91 Å². The molecule has 2 aliphatic heterocycles. The number of carbonyl (C=O) groups is 1. The van der Waals surface area contributed by atoms with Crippen molar-refractivity contribution in [3.63, 3.8) is 0 Å². The molecule has 156 valence electrons. The molecule has 0 aromatic carbocycles. The average molecular weight is 406 g/mol. The standard InChI is InChI=1S/C23H26N4O3/c1-16-5-4-6-18(25-16)15-29-10-8-17-14-30-21-13-26(12-19(17)21)23(28)20-11-24-22-7-2-3-9-27(20)22/h2-7,9,11,17,19,21H,8,10,12-15H2,1H3/t17-,19-,21-/m0/s1. The van der Waals surface area contributed by atoms with Crippen molar-refractivity contribution in [2.75, 3.05) is 26.3 Å². The van der Waals surface area contributed by atoms with Gasteiger partial charge in [0.05, 0.1) is 31.2 Å². The largest absolute Gasteiger partial charge is 0.376 e. The van der Waals surface area contributed by atoms with Crippen LogP contribution < -0.4 is 0 Å². The van der Waals surface area contributed by atoms with Crippen molar-refractivity contribution in [2.45, 2.75) is 26.1 Å². The number of likely N-dealkylation sites (tertiary alicyclic amines) is 1. The summed E-state index contributed by atoms with van der Waals surface area (Å²) in [7, 11) is 0. The Morgan fingerprint density at radius 1 is 1.23 bits per heavy atom. The molecule has 7 nitrogen and oxygen atoms in total. The van der Waals surface area contributed by atoms with Gasteiger partial charge >= 0.3 is 0 Å². The van der Waals surface area contributed by atoms with Crippen LogP contribution >= 0.6 is 0 Å². The predicted octanol–water partition coefficient (Wildman–Crippen LogP) is 2.73. The molecule has 2 aliphatic rings. The SMILES string of the molecule is Cc1cccc(COCC[C@H]2CO[C@H]3CN(C(=O)c4cnc5ccccn45)C[C@@H]23)n1. The number of hydrogen-bond donors (Lipinski definition) is 0. The number of amides is 1. The predicted molar refractivity (Wildman–Crippen MR) is 111 cm³/mol. The first-order chi connectivity index (χ1) is 14.7. The fraction of sp³-hybridized carbons (Fsp3) is 0.435. The van der Waals surface area contributed by atoms with Crippen molar-refractivity contribution in [3.8, 4) is 0 Å². The van der Waals surface area contributed by atoms with Gasteiger partial charge in [-0.15, -0.1) is 0 Å². The fourth-order valence-corrected chi connectivity index (χ4v) is 4.61. The van der Waals surface area contributed by atoms with E-state index >= 15 is 0 Å². The van der Waals surface area contributed by atoms with Crippen molar-refractivity contribution in [3.05, 3.63) is 65.9 Å². The van der Waals surface area contributed by atoms with Crippen LogP contribution in [-0.4, -0.2) is 57.6 Å². The summed E-state index contributed by atoms with van der Waals surface area (Å²) in [6.07, 6.45) is 4.60. The molecule has 0 unspecified atom stereocenters. The first kappa shape index (κ1) is 19.2. The number of aryl methyl sites for hydroxylation is 1. The molecule has 0 radical (unpaired) electrons. The number of aromatic nitrogens is 3. The van der Waals surface area contributed by atoms with Gasteiger partial charge in [-0.1, -0.05) is 12.1 Å². The van der Waals surface area contributed by atoms with Gasteiger partial charge in [-0.25, -0.2) is 4.98 Å². The molecule has 3 aromatic heterocycles. The molecule has 0 spiro atoms. The van der Waals surface area contributed by atoms with Gasteiger partial charge in [0.1, 0.15) is 11.3 Å². The Hall–Kier alpha value is -2.77. The second kappa shape index (κ2) is 8.16. The summed E-state index contributed by atoms with van der Waals surface area (Å²) in [5, 5.41) is 0. The van der Waals surface area contributed by atoms with E-state index in [0.717, 1.165) is 36.6 Å². The van der Waals surface area contributed by atoms with Gasteiger partial charge in [0.15, 0.2) is 0 Å². The second-order valence-electron chi connectivity index (χ2n) is 8.19. The minimum Gasteiger partial charge on any atom is -0.376 e. The van der Waals surface area contributed by atoms with Gasteiger partial charge in [0, 0.05) is 37.5 Å². The maximum Gasteiger partial charge on any atom is 0.272 e.